The third-order valence-corrected chi connectivity index (χ3v) is 9.52. The summed E-state index contributed by atoms with van der Waals surface area (Å²) in [4.78, 5) is 41.0. The van der Waals surface area contributed by atoms with Crippen LogP contribution in [0.25, 0.3) is 0 Å². The van der Waals surface area contributed by atoms with Crippen LogP contribution in [0.1, 0.15) is 75.0 Å². The van der Waals surface area contributed by atoms with Crippen molar-refractivity contribution in [3.8, 4) is 0 Å². The number of benzene rings is 1. The maximum absolute atomic E-state index is 12.9. The van der Waals surface area contributed by atoms with Crippen molar-refractivity contribution in [1.29, 1.82) is 0 Å². The van der Waals surface area contributed by atoms with Gasteiger partial charge < -0.3 is 36.1 Å². The van der Waals surface area contributed by atoms with E-state index in [9.17, 15) is 27.6 Å². The molecule has 0 radical (unpaired) electrons. The quantitative estimate of drug-likeness (QED) is 0.186. The fourth-order valence-electron chi connectivity index (χ4n) is 5.82. The normalized spacial score (nSPS) is 20.0. The molecule has 8 N–H and O–H groups in total. The lowest BCUT2D eigenvalue weighted by atomic mass is 9.81. The molecule has 0 spiro atoms. The Balaban J connectivity index is 0.000000518. The average Bonchev–Trinajstić information content (AvgIpc) is 3.40. The van der Waals surface area contributed by atoms with E-state index in [2.05, 4.69) is 22.0 Å². The van der Waals surface area contributed by atoms with Crippen LogP contribution in [0.4, 0.5) is 0 Å². The van der Waals surface area contributed by atoms with Crippen LogP contribution in [0.15, 0.2) is 47.4 Å². The largest absolute Gasteiger partial charge is 0.478 e. The van der Waals surface area contributed by atoms with E-state index in [1.54, 1.807) is 6.07 Å². The Hall–Kier alpha value is -3.63. The number of hydrogen-bond acceptors (Lipinski definition) is 8. The first-order valence-corrected chi connectivity index (χ1v) is 16.6. The van der Waals surface area contributed by atoms with Gasteiger partial charge in [0, 0.05) is 42.9 Å². The highest BCUT2D eigenvalue weighted by Crippen LogP contribution is 2.35. The van der Waals surface area contributed by atoms with Crippen molar-refractivity contribution in [2.24, 2.45) is 5.92 Å². The summed E-state index contributed by atoms with van der Waals surface area (Å²) < 4.78 is 28.7. The summed E-state index contributed by atoms with van der Waals surface area (Å²) in [6, 6.07) is 6.59. The van der Waals surface area contributed by atoms with E-state index < -0.39 is 33.9 Å². The number of likely N-dealkylation sites (tertiary alicyclic amines) is 1. The maximum atomic E-state index is 12.9. The third-order valence-electron chi connectivity index (χ3n) is 8.06. The van der Waals surface area contributed by atoms with Crippen LogP contribution in [-0.2, 0) is 35.6 Å². The Bertz CT molecular complexity index is 1260. The number of hydrogen-bond donors (Lipinski definition) is 6. The van der Waals surface area contributed by atoms with E-state index in [1.807, 2.05) is 12.1 Å². The van der Waals surface area contributed by atoms with E-state index in [-0.39, 0.29) is 5.48 Å². The summed E-state index contributed by atoms with van der Waals surface area (Å²) in [7, 11) is -1.32. The molecule has 46 heavy (non-hydrogen) atoms. The van der Waals surface area contributed by atoms with Gasteiger partial charge in [0.05, 0.1) is 4.90 Å². The van der Waals surface area contributed by atoms with Crippen molar-refractivity contribution in [1.82, 2.24) is 14.9 Å². The molecule has 1 unspecified atom stereocenters. The van der Waals surface area contributed by atoms with Crippen LogP contribution in [0.3, 0.4) is 0 Å². The summed E-state index contributed by atoms with van der Waals surface area (Å²) in [5.74, 6) is -4.26. The first-order chi connectivity index (χ1) is 21.3. The van der Waals surface area contributed by atoms with Crippen molar-refractivity contribution in [3.63, 3.8) is 0 Å². The van der Waals surface area contributed by atoms with Crippen LogP contribution < -0.4 is 10.0 Å². The Labute approximate surface area is 269 Å². The number of sulfonamides is 1. The van der Waals surface area contributed by atoms with Gasteiger partial charge in [-0.25, -0.2) is 32.3 Å². The second kappa shape index (κ2) is 20.5. The lowest BCUT2D eigenvalue weighted by Crippen LogP contribution is -2.33. The van der Waals surface area contributed by atoms with Gasteiger partial charge in [0.15, 0.2) is 0 Å². The highest BCUT2D eigenvalue weighted by Gasteiger charge is 2.27. The molecule has 1 aliphatic carbocycles. The molecule has 14 nitrogen and oxygen atoms in total. The van der Waals surface area contributed by atoms with Gasteiger partial charge >= 0.3 is 23.9 Å². The van der Waals surface area contributed by atoms with E-state index in [4.69, 9.17) is 20.4 Å². The van der Waals surface area contributed by atoms with E-state index in [0.29, 0.717) is 47.8 Å². The fourth-order valence-corrected chi connectivity index (χ4v) is 6.90. The van der Waals surface area contributed by atoms with Gasteiger partial charge in [0.2, 0.25) is 10.0 Å². The molecule has 2 heterocycles. The molecule has 1 aromatic rings. The summed E-state index contributed by atoms with van der Waals surface area (Å²) in [6.45, 7) is 2.62. The highest BCUT2D eigenvalue weighted by molar-refractivity contribution is 7.89. The molecule has 4 rings (SSSR count). The minimum atomic E-state index is -3.46. The fraction of sp³-hybridized carbons (Fsp3) is 0.548. The van der Waals surface area contributed by atoms with Gasteiger partial charge in [-0.1, -0.05) is 38.2 Å². The molecule has 1 aromatic carbocycles. The van der Waals surface area contributed by atoms with Gasteiger partial charge in [0.25, 0.3) is 0 Å². The predicted molar refractivity (Wildman–Crippen MR) is 170 cm³/mol. The molecule has 1 saturated heterocycles. The van der Waals surface area contributed by atoms with Crippen molar-refractivity contribution < 1.29 is 53.5 Å². The van der Waals surface area contributed by atoms with Crippen LogP contribution in [-0.4, -0.2) is 95.8 Å². The Morgan fingerprint density at radius 1 is 0.891 bits per heavy atom. The van der Waals surface area contributed by atoms with Crippen LogP contribution in [0.2, 0.25) is 0 Å². The molecule has 1 saturated carbocycles. The SMILES string of the molecule is CN1CCC[C@H]1CCNS(=O)(=O)c1ccc2c(c1)C(CC1CCCCC1)NCC2.O.O=C(O)/C=C/C(=O)O.O=C(O)/C=C/C(=O)O. The number of nitrogens with one attached hydrogen (secondary N) is 2. The number of carboxylic acids is 4. The first-order valence-electron chi connectivity index (χ1n) is 15.1. The standard InChI is InChI=1S/C23H37N3O2S.2C4H4O4.H2O/c1-26-15-5-8-20(26)12-14-25-29(27,28)21-10-9-19-11-13-24-23(22(19)17-21)16-18-6-3-2-4-7-18;2*5-3(6)1-2-4(7)8;/h9-10,17-18,20,23-25H,2-8,11-16H2,1H3;2*1-2H,(H,5,6)(H,7,8);1H2/b;2*2-1+;/t20-,23?;;;/m0.../s1. The monoisotopic (exact) mass is 669 g/mol. The Morgan fingerprint density at radius 3 is 1.96 bits per heavy atom. The lowest BCUT2D eigenvalue weighted by molar-refractivity contribution is -0.134. The minimum absolute atomic E-state index is 0. The molecule has 2 atom stereocenters. The van der Waals surface area contributed by atoms with E-state index in [0.717, 1.165) is 38.3 Å². The molecule has 258 valence electrons. The zero-order chi connectivity index (χ0) is 33.4. The Kier molecular flexibility index (Phi) is 18.0. The second-order valence-corrected chi connectivity index (χ2v) is 13.1. The van der Waals surface area contributed by atoms with Crippen molar-refractivity contribution >= 4 is 33.9 Å². The van der Waals surface area contributed by atoms with Crippen molar-refractivity contribution in [2.45, 2.75) is 81.2 Å². The second-order valence-electron chi connectivity index (χ2n) is 11.3. The topological polar surface area (TPSA) is 242 Å². The number of fused-ring (bicyclic) bond motifs is 1. The van der Waals surface area contributed by atoms with Crippen molar-refractivity contribution in [3.05, 3.63) is 53.6 Å². The highest BCUT2D eigenvalue weighted by atomic mass is 32.2. The molecule has 15 heteroatoms. The zero-order valence-corrected chi connectivity index (χ0v) is 26.9. The smallest absolute Gasteiger partial charge is 0.328 e. The van der Waals surface area contributed by atoms with Crippen LogP contribution >= 0.6 is 0 Å². The summed E-state index contributed by atoms with van der Waals surface area (Å²) >= 11 is 0. The molecule has 0 amide bonds. The molecular formula is C31H47N3O11S. The third kappa shape index (κ3) is 15.1. The number of carboxylic acid groups (broad SMARTS) is 4. The van der Waals surface area contributed by atoms with Crippen LogP contribution in [0.5, 0.6) is 0 Å². The van der Waals surface area contributed by atoms with E-state index >= 15 is 0 Å². The zero-order valence-electron chi connectivity index (χ0n) is 26.1. The van der Waals surface area contributed by atoms with Crippen LogP contribution in [0, 0.1) is 5.92 Å². The molecule has 2 aliphatic heterocycles. The maximum Gasteiger partial charge on any atom is 0.328 e. The first kappa shape index (κ1) is 40.4. The molecule has 2 fully saturated rings. The molecular weight excluding hydrogens is 622 g/mol. The number of aliphatic carboxylic acids is 4. The molecule has 0 aromatic heterocycles. The van der Waals surface area contributed by atoms with Gasteiger partial charge in [-0.3, -0.25) is 0 Å². The van der Waals surface area contributed by atoms with E-state index in [1.165, 1.54) is 56.1 Å². The van der Waals surface area contributed by atoms with Crippen molar-refractivity contribution in [2.75, 3.05) is 26.7 Å². The number of carbonyl (C=O) groups is 4. The summed E-state index contributed by atoms with van der Waals surface area (Å²) in [5, 5.41) is 34.9. The van der Waals surface area contributed by atoms with Gasteiger partial charge in [0.1, 0.15) is 0 Å². The number of rotatable bonds is 11. The lowest BCUT2D eigenvalue weighted by Gasteiger charge is -2.32. The molecule has 3 aliphatic rings. The number of nitrogens with zero attached hydrogens (tertiary/aromatic N) is 1. The molecule has 0 bridgehead atoms. The average molecular weight is 670 g/mol. The summed E-state index contributed by atoms with van der Waals surface area (Å²) in [6.07, 6.45) is 14.3. The summed E-state index contributed by atoms with van der Waals surface area (Å²) in [5.41, 5.74) is 2.52. The minimum Gasteiger partial charge on any atom is -0.478 e. The van der Waals surface area contributed by atoms with Gasteiger partial charge in [-0.2, -0.15) is 0 Å². The van der Waals surface area contributed by atoms with Gasteiger partial charge in [-0.05, 0) is 81.4 Å². The van der Waals surface area contributed by atoms with Gasteiger partial charge in [-0.15, -0.1) is 0 Å². The Morgan fingerprint density at radius 2 is 1.46 bits per heavy atom. The predicted octanol–water partition coefficient (Wildman–Crippen LogP) is 2.21.